The van der Waals surface area contributed by atoms with Crippen molar-refractivity contribution < 1.29 is 0 Å². The standard InChI is InChI=1S/C14H11Cl3N2/c15-12-5-2-1-4-10(12)8-18-19-9-11-13(16)6-3-7-14(11)17/h1-8,19H,9H2/b18-8+. The van der Waals surface area contributed by atoms with Crippen LogP contribution in [0.5, 0.6) is 0 Å². The minimum atomic E-state index is 0.458. The molecule has 0 radical (unpaired) electrons. The average molecular weight is 314 g/mol. The van der Waals surface area contributed by atoms with Gasteiger partial charge >= 0.3 is 0 Å². The molecule has 2 rings (SSSR count). The van der Waals surface area contributed by atoms with E-state index in [2.05, 4.69) is 10.5 Å². The number of nitrogens with zero attached hydrogens (tertiary/aromatic N) is 1. The summed E-state index contributed by atoms with van der Waals surface area (Å²) in [6.45, 7) is 0.458. The molecule has 0 aliphatic rings. The summed E-state index contributed by atoms with van der Waals surface area (Å²) < 4.78 is 0. The molecule has 0 aliphatic heterocycles. The summed E-state index contributed by atoms with van der Waals surface area (Å²) in [5, 5.41) is 6.00. The zero-order valence-electron chi connectivity index (χ0n) is 9.91. The van der Waals surface area contributed by atoms with Crippen LogP contribution in [0.1, 0.15) is 11.1 Å². The minimum absolute atomic E-state index is 0.458. The van der Waals surface area contributed by atoms with Crippen LogP contribution >= 0.6 is 34.8 Å². The number of nitrogens with one attached hydrogen (secondary N) is 1. The van der Waals surface area contributed by atoms with E-state index in [1.165, 1.54) is 0 Å². The van der Waals surface area contributed by atoms with E-state index in [0.29, 0.717) is 21.6 Å². The van der Waals surface area contributed by atoms with Gasteiger partial charge in [-0.1, -0.05) is 59.1 Å². The van der Waals surface area contributed by atoms with Crippen molar-refractivity contribution in [2.75, 3.05) is 0 Å². The van der Waals surface area contributed by atoms with Crippen LogP contribution in [0.15, 0.2) is 47.6 Å². The molecule has 0 saturated heterocycles. The number of hydrogen-bond acceptors (Lipinski definition) is 2. The summed E-state index contributed by atoms with van der Waals surface area (Å²) in [6, 6.07) is 12.9. The maximum absolute atomic E-state index is 6.05. The highest BCUT2D eigenvalue weighted by Gasteiger charge is 2.03. The fourth-order valence-corrected chi connectivity index (χ4v) is 2.24. The zero-order chi connectivity index (χ0) is 13.7. The molecule has 2 aromatic carbocycles. The van der Waals surface area contributed by atoms with E-state index in [4.69, 9.17) is 34.8 Å². The van der Waals surface area contributed by atoms with Crippen molar-refractivity contribution >= 4 is 41.0 Å². The summed E-state index contributed by atoms with van der Waals surface area (Å²) in [7, 11) is 0. The second kappa shape index (κ2) is 6.80. The van der Waals surface area contributed by atoms with Crippen molar-refractivity contribution in [1.29, 1.82) is 0 Å². The van der Waals surface area contributed by atoms with Gasteiger partial charge in [0.15, 0.2) is 0 Å². The van der Waals surface area contributed by atoms with Crippen LogP contribution < -0.4 is 5.43 Å². The Kier molecular flexibility index (Phi) is 5.08. The summed E-state index contributed by atoms with van der Waals surface area (Å²) >= 11 is 18.1. The van der Waals surface area contributed by atoms with E-state index in [9.17, 15) is 0 Å². The van der Waals surface area contributed by atoms with E-state index in [0.717, 1.165) is 11.1 Å². The fraction of sp³-hybridized carbons (Fsp3) is 0.0714. The second-order valence-electron chi connectivity index (χ2n) is 3.81. The SMILES string of the molecule is Clc1ccccc1/C=N/NCc1c(Cl)cccc1Cl. The van der Waals surface area contributed by atoms with Crippen molar-refractivity contribution in [3.8, 4) is 0 Å². The Balaban J connectivity index is 1.99. The van der Waals surface area contributed by atoms with Crippen LogP contribution in [0.25, 0.3) is 0 Å². The first kappa shape index (κ1) is 14.2. The van der Waals surface area contributed by atoms with Gasteiger partial charge < -0.3 is 5.43 Å². The first-order valence-electron chi connectivity index (χ1n) is 5.62. The molecule has 0 saturated carbocycles. The maximum Gasteiger partial charge on any atom is 0.0609 e. The van der Waals surface area contributed by atoms with Gasteiger partial charge in [0.25, 0.3) is 0 Å². The van der Waals surface area contributed by atoms with E-state index in [1.807, 2.05) is 24.3 Å². The lowest BCUT2D eigenvalue weighted by Gasteiger charge is -2.06. The number of halogens is 3. The molecule has 0 amide bonds. The number of rotatable bonds is 4. The van der Waals surface area contributed by atoms with Gasteiger partial charge in [-0.25, -0.2) is 0 Å². The van der Waals surface area contributed by atoms with Crippen LogP contribution in [0, 0.1) is 0 Å². The third-order valence-corrected chi connectivity index (χ3v) is 3.57. The molecule has 0 spiro atoms. The van der Waals surface area contributed by atoms with Crippen LogP contribution in [-0.2, 0) is 6.54 Å². The lowest BCUT2D eigenvalue weighted by Crippen LogP contribution is -2.06. The molecule has 0 heterocycles. The molecule has 0 fully saturated rings. The third-order valence-electron chi connectivity index (χ3n) is 2.52. The van der Waals surface area contributed by atoms with Gasteiger partial charge in [-0.15, -0.1) is 0 Å². The van der Waals surface area contributed by atoms with Gasteiger partial charge in [0.1, 0.15) is 0 Å². The van der Waals surface area contributed by atoms with Crippen molar-refractivity contribution in [2.24, 2.45) is 5.10 Å². The van der Waals surface area contributed by atoms with Gasteiger partial charge in [0.2, 0.25) is 0 Å². The van der Waals surface area contributed by atoms with E-state index in [-0.39, 0.29) is 0 Å². The number of benzene rings is 2. The summed E-state index contributed by atoms with van der Waals surface area (Å²) in [4.78, 5) is 0. The highest BCUT2D eigenvalue weighted by Crippen LogP contribution is 2.23. The monoisotopic (exact) mass is 312 g/mol. The average Bonchev–Trinajstić information content (AvgIpc) is 2.39. The highest BCUT2D eigenvalue weighted by molar-refractivity contribution is 6.36. The Morgan fingerprint density at radius 1 is 0.895 bits per heavy atom. The lowest BCUT2D eigenvalue weighted by atomic mass is 10.2. The largest absolute Gasteiger partial charge is 0.306 e. The topological polar surface area (TPSA) is 24.4 Å². The summed E-state index contributed by atoms with van der Waals surface area (Å²) in [5.74, 6) is 0. The first-order valence-corrected chi connectivity index (χ1v) is 6.75. The van der Waals surface area contributed by atoms with Gasteiger partial charge in [-0.05, 0) is 18.2 Å². The summed E-state index contributed by atoms with van der Waals surface area (Å²) in [5.41, 5.74) is 4.57. The Morgan fingerprint density at radius 3 is 2.21 bits per heavy atom. The van der Waals surface area contributed by atoms with Crippen LogP contribution in [0.2, 0.25) is 15.1 Å². The van der Waals surface area contributed by atoms with Crippen LogP contribution in [0.3, 0.4) is 0 Å². The van der Waals surface area contributed by atoms with Gasteiger partial charge in [0.05, 0.1) is 12.8 Å². The number of hydrogen-bond donors (Lipinski definition) is 1. The molecule has 0 aromatic heterocycles. The molecule has 2 aromatic rings. The van der Waals surface area contributed by atoms with Crippen LogP contribution in [0.4, 0.5) is 0 Å². The predicted octanol–water partition coefficient (Wildman–Crippen LogP) is 4.77. The molecule has 1 N–H and O–H groups in total. The van der Waals surface area contributed by atoms with E-state index < -0.39 is 0 Å². The normalized spacial score (nSPS) is 10.9. The Bertz CT molecular complexity index is 577. The van der Waals surface area contributed by atoms with Gasteiger partial charge in [-0.2, -0.15) is 5.10 Å². The highest BCUT2D eigenvalue weighted by atomic mass is 35.5. The molecule has 0 unspecified atom stereocenters. The molecular formula is C14H11Cl3N2. The second-order valence-corrected chi connectivity index (χ2v) is 5.04. The first-order chi connectivity index (χ1) is 9.18. The molecule has 19 heavy (non-hydrogen) atoms. The quantitative estimate of drug-likeness (QED) is 0.638. The molecule has 0 aliphatic carbocycles. The van der Waals surface area contributed by atoms with Gasteiger partial charge in [-0.3, -0.25) is 0 Å². The van der Waals surface area contributed by atoms with Crippen molar-refractivity contribution in [1.82, 2.24) is 5.43 Å². The Morgan fingerprint density at radius 2 is 1.53 bits per heavy atom. The van der Waals surface area contributed by atoms with Crippen LogP contribution in [-0.4, -0.2) is 6.21 Å². The van der Waals surface area contributed by atoms with E-state index >= 15 is 0 Å². The molecule has 0 bridgehead atoms. The third kappa shape index (κ3) is 3.87. The van der Waals surface area contributed by atoms with Crippen molar-refractivity contribution in [3.05, 3.63) is 68.7 Å². The Labute approximate surface area is 127 Å². The molecule has 2 nitrogen and oxygen atoms in total. The Hall–Kier alpha value is -1.22. The molecule has 0 atom stereocenters. The van der Waals surface area contributed by atoms with Crippen molar-refractivity contribution in [2.45, 2.75) is 6.54 Å². The smallest absolute Gasteiger partial charge is 0.0609 e. The predicted molar refractivity (Wildman–Crippen MR) is 82.3 cm³/mol. The zero-order valence-corrected chi connectivity index (χ0v) is 12.2. The number of hydrazone groups is 1. The molecule has 5 heteroatoms. The minimum Gasteiger partial charge on any atom is -0.306 e. The summed E-state index contributed by atoms with van der Waals surface area (Å²) in [6.07, 6.45) is 1.66. The van der Waals surface area contributed by atoms with Crippen molar-refractivity contribution in [3.63, 3.8) is 0 Å². The molecular weight excluding hydrogens is 303 g/mol. The van der Waals surface area contributed by atoms with Gasteiger partial charge in [0, 0.05) is 26.2 Å². The lowest BCUT2D eigenvalue weighted by molar-refractivity contribution is 0.748. The maximum atomic E-state index is 6.05. The fourth-order valence-electron chi connectivity index (χ4n) is 1.52. The molecule has 98 valence electrons. The van der Waals surface area contributed by atoms with E-state index in [1.54, 1.807) is 24.4 Å².